The predicted molar refractivity (Wildman–Crippen MR) is 96.9 cm³/mol. The Bertz CT molecular complexity index is 800. The first kappa shape index (κ1) is 19.5. The lowest BCUT2D eigenvalue weighted by Crippen LogP contribution is -2.21. The van der Waals surface area contributed by atoms with Crippen LogP contribution in [-0.4, -0.2) is 38.2 Å². The lowest BCUT2D eigenvalue weighted by molar-refractivity contribution is -0.118. The summed E-state index contributed by atoms with van der Waals surface area (Å²) in [6.07, 6.45) is 0. The third kappa shape index (κ3) is 4.60. The van der Waals surface area contributed by atoms with Crippen LogP contribution in [-0.2, 0) is 14.3 Å². The molecule has 0 aliphatic heterocycles. The molecule has 2 aromatic rings. The summed E-state index contributed by atoms with van der Waals surface area (Å²) in [5.74, 6) is -1.11. The molecule has 1 N–H and O–H groups in total. The molecule has 1 heterocycles. The highest BCUT2D eigenvalue weighted by Crippen LogP contribution is 2.34. The molecule has 26 heavy (non-hydrogen) atoms. The van der Waals surface area contributed by atoms with E-state index in [1.165, 1.54) is 7.11 Å². The van der Waals surface area contributed by atoms with Crippen LogP contribution < -0.4 is 10.1 Å². The summed E-state index contributed by atoms with van der Waals surface area (Å²) in [6, 6.07) is 8.86. The number of thiophene rings is 1. The molecule has 0 atom stereocenters. The highest BCUT2D eigenvalue weighted by atomic mass is 32.1. The number of para-hydroxylation sites is 1. The van der Waals surface area contributed by atoms with Gasteiger partial charge in [-0.1, -0.05) is 18.2 Å². The van der Waals surface area contributed by atoms with Crippen molar-refractivity contribution in [3.05, 3.63) is 46.3 Å². The second kappa shape index (κ2) is 9.00. The van der Waals surface area contributed by atoms with Crippen LogP contribution in [0.4, 0.5) is 5.00 Å². The molecule has 1 aromatic heterocycles. The Kier molecular flexibility index (Phi) is 6.74. The molecule has 0 bridgehead atoms. The molecule has 138 valence electrons. The van der Waals surface area contributed by atoms with Crippen LogP contribution in [0, 0.1) is 6.92 Å². The first-order valence-corrected chi connectivity index (χ1v) is 8.66. The lowest BCUT2D eigenvalue weighted by Gasteiger charge is -2.07. The fraction of sp³-hybridized carbons (Fsp3) is 0.278. The van der Waals surface area contributed by atoms with Crippen LogP contribution in [0.15, 0.2) is 30.3 Å². The quantitative estimate of drug-likeness (QED) is 0.746. The Balaban J connectivity index is 2.18. The van der Waals surface area contributed by atoms with Gasteiger partial charge in [0.2, 0.25) is 0 Å². The molecule has 0 fully saturated rings. The summed E-state index contributed by atoms with van der Waals surface area (Å²) in [5.41, 5.74) is 0.535. The number of benzene rings is 1. The maximum atomic E-state index is 12.2. The molecular weight excluding hydrogens is 358 g/mol. The first-order valence-electron chi connectivity index (χ1n) is 7.84. The summed E-state index contributed by atoms with van der Waals surface area (Å²) in [4.78, 5) is 36.5. The molecule has 0 unspecified atom stereocenters. The molecule has 1 amide bonds. The maximum Gasteiger partial charge on any atom is 0.348 e. The monoisotopic (exact) mass is 377 g/mol. The summed E-state index contributed by atoms with van der Waals surface area (Å²) in [5, 5.41) is 2.82. The van der Waals surface area contributed by atoms with Gasteiger partial charge in [0.25, 0.3) is 5.91 Å². The molecule has 0 radical (unpaired) electrons. The van der Waals surface area contributed by atoms with Crippen molar-refractivity contribution in [3.63, 3.8) is 0 Å². The minimum absolute atomic E-state index is 0.133. The van der Waals surface area contributed by atoms with E-state index in [2.05, 4.69) is 5.32 Å². The van der Waals surface area contributed by atoms with Crippen LogP contribution >= 0.6 is 11.3 Å². The van der Waals surface area contributed by atoms with Crippen molar-refractivity contribution in [2.24, 2.45) is 0 Å². The minimum Gasteiger partial charge on any atom is -0.484 e. The van der Waals surface area contributed by atoms with Gasteiger partial charge in [0, 0.05) is 0 Å². The lowest BCUT2D eigenvalue weighted by atomic mass is 10.1. The van der Waals surface area contributed by atoms with Gasteiger partial charge in [0.05, 0.1) is 19.3 Å². The average molecular weight is 377 g/mol. The molecule has 0 saturated heterocycles. The summed E-state index contributed by atoms with van der Waals surface area (Å²) in [7, 11) is 1.23. The fourth-order valence-corrected chi connectivity index (χ4v) is 3.27. The zero-order chi connectivity index (χ0) is 19.1. The normalized spacial score (nSPS) is 10.1. The Morgan fingerprint density at radius 3 is 2.42 bits per heavy atom. The molecule has 0 aliphatic rings. The first-order chi connectivity index (χ1) is 12.5. The summed E-state index contributed by atoms with van der Waals surface area (Å²) in [6.45, 7) is 3.25. The van der Waals surface area contributed by atoms with Crippen LogP contribution in [0.3, 0.4) is 0 Å². The minimum atomic E-state index is -0.645. The molecule has 0 saturated carbocycles. The number of hydrogen-bond acceptors (Lipinski definition) is 7. The number of hydrogen-bond donors (Lipinski definition) is 1. The van der Waals surface area contributed by atoms with Gasteiger partial charge in [0.15, 0.2) is 6.61 Å². The van der Waals surface area contributed by atoms with Crippen molar-refractivity contribution < 1.29 is 28.6 Å². The van der Waals surface area contributed by atoms with Crippen molar-refractivity contribution in [1.82, 2.24) is 0 Å². The molecule has 0 aliphatic carbocycles. The van der Waals surface area contributed by atoms with E-state index in [0.29, 0.717) is 11.3 Å². The second-order valence-electron chi connectivity index (χ2n) is 5.12. The number of methoxy groups -OCH3 is 1. The average Bonchev–Trinajstić information content (AvgIpc) is 2.96. The van der Waals surface area contributed by atoms with E-state index >= 15 is 0 Å². The number of anilines is 1. The number of rotatable bonds is 7. The standard InChI is InChI=1S/C18H19NO6S/c1-4-24-18(22)15-11(2)14(17(21)23-3)16(26-15)19-13(20)10-25-12-8-6-5-7-9-12/h5-9H,4,10H2,1-3H3,(H,19,20). The van der Waals surface area contributed by atoms with Gasteiger partial charge in [-0.25, -0.2) is 9.59 Å². The predicted octanol–water partition coefficient (Wildman–Crippen LogP) is 3.04. The zero-order valence-electron chi connectivity index (χ0n) is 14.7. The van der Waals surface area contributed by atoms with Gasteiger partial charge in [-0.2, -0.15) is 0 Å². The van der Waals surface area contributed by atoms with E-state index in [-0.39, 0.29) is 28.7 Å². The van der Waals surface area contributed by atoms with Crippen LogP contribution in [0.5, 0.6) is 5.75 Å². The number of amides is 1. The summed E-state index contributed by atoms with van der Waals surface area (Å²) < 4.78 is 15.1. The number of esters is 2. The molecule has 1 aromatic carbocycles. The SMILES string of the molecule is CCOC(=O)c1sc(NC(=O)COc2ccccc2)c(C(=O)OC)c1C. The third-order valence-electron chi connectivity index (χ3n) is 3.36. The van der Waals surface area contributed by atoms with Crippen molar-refractivity contribution in [2.45, 2.75) is 13.8 Å². The summed E-state index contributed by atoms with van der Waals surface area (Å²) >= 11 is 0.965. The van der Waals surface area contributed by atoms with Gasteiger partial charge in [0.1, 0.15) is 15.6 Å². The van der Waals surface area contributed by atoms with Gasteiger partial charge >= 0.3 is 11.9 Å². The topological polar surface area (TPSA) is 90.9 Å². The van der Waals surface area contributed by atoms with Crippen LogP contribution in [0.25, 0.3) is 0 Å². The molecule has 8 heteroatoms. The van der Waals surface area contributed by atoms with E-state index in [4.69, 9.17) is 14.2 Å². The van der Waals surface area contributed by atoms with Crippen LogP contribution in [0.1, 0.15) is 32.5 Å². The fourth-order valence-electron chi connectivity index (χ4n) is 2.17. The van der Waals surface area contributed by atoms with E-state index in [1.807, 2.05) is 6.07 Å². The Morgan fingerprint density at radius 1 is 1.12 bits per heavy atom. The van der Waals surface area contributed by atoms with Crippen molar-refractivity contribution in [1.29, 1.82) is 0 Å². The molecule has 0 spiro atoms. The van der Waals surface area contributed by atoms with Crippen molar-refractivity contribution in [3.8, 4) is 5.75 Å². The maximum absolute atomic E-state index is 12.2. The van der Waals surface area contributed by atoms with E-state index in [0.717, 1.165) is 11.3 Å². The molecule has 7 nitrogen and oxygen atoms in total. The molecular formula is C18H19NO6S. The van der Waals surface area contributed by atoms with E-state index in [9.17, 15) is 14.4 Å². The van der Waals surface area contributed by atoms with Gasteiger partial charge in [-0.15, -0.1) is 11.3 Å². The number of carbonyl (C=O) groups is 3. The smallest absolute Gasteiger partial charge is 0.348 e. The zero-order valence-corrected chi connectivity index (χ0v) is 15.5. The third-order valence-corrected chi connectivity index (χ3v) is 4.55. The Morgan fingerprint density at radius 2 is 1.81 bits per heavy atom. The van der Waals surface area contributed by atoms with Crippen molar-refractivity contribution in [2.75, 3.05) is 25.6 Å². The van der Waals surface area contributed by atoms with E-state index < -0.39 is 17.8 Å². The highest BCUT2D eigenvalue weighted by molar-refractivity contribution is 7.18. The number of nitrogens with one attached hydrogen (secondary N) is 1. The Hall–Kier alpha value is -2.87. The Labute approximate surface area is 154 Å². The molecule has 2 rings (SSSR count). The van der Waals surface area contributed by atoms with Crippen LogP contribution in [0.2, 0.25) is 0 Å². The highest BCUT2D eigenvalue weighted by Gasteiger charge is 2.27. The largest absolute Gasteiger partial charge is 0.484 e. The van der Waals surface area contributed by atoms with Gasteiger partial charge < -0.3 is 19.5 Å². The van der Waals surface area contributed by atoms with Gasteiger partial charge in [-0.05, 0) is 31.5 Å². The van der Waals surface area contributed by atoms with E-state index in [1.54, 1.807) is 38.1 Å². The van der Waals surface area contributed by atoms with Gasteiger partial charge in [-0.3, -0.25) is 4.79 Å². The van der Waals surface area contributed by atoms with Crippen molar-refractivity contribution >= 4 is 34.2 Å². The second-order valence-corrected chi connectivity index (χ2v) is 6.14. The number of ether oxygens (including phenoxy) is 3. The number of carbonyl (C=O) groups excluding carboxylic acids is 3.